The van der Waals surface area contributed by atoms with Gasteiger partial charge in [0.25, 0.3) is 0 Å². The minimum atomic E-state index is 0.146. The van der Waals surface area contributed by atoms with Crippen LogP contribution in [0.1, 0.15) is 62.6 Å². The van der Waals surface area contributed by atoms with E-state index in [4.69, 9.17) is 0 Å². The maximum Gasteiger partial charge on any atom is 0.0478 e. The molecule has 0 saturated heterocycles. The highest BCUT2D eigenvalue weighted by Crippen LogP contribution is 2.43. The van der Waals surface area contributed by atoms with Crippen LogP contribution in [0, 0.1) is 76.2 Å². The molecule has 0 amide bonds. The van der Waals surface area contributed by atoms with Crippen LogP contribution in [-0.2, 0) is 0 Å². The number of rotatable bonds is 3. The molecule has 0 fully saturated rings. The van der Waals surface area contributed by atoms with Gasteiger partial charge in [0.05, 0.1) is 0 Å². The molecular formula is C25H36N. The van der Waals surface area contributed by atoms with Crippen LogP contribution in [0.4, 0.5) is 11.4 Å². The van der Waals surface area contributed by atoms with Crippen LogP contribution in [0.15, 0.2) is 0 Å². The van der Waals surface area contributed by atoms with Crippen molar-refractivity contribution in [2.45, 2.75) is 82.2 Å². The van der Waals surface area contributed by atoms with Crippen molar-refractivity contribution in [2.24, 2.45) is 0 Å². The molecule has 0 aromatic heterocycles. The molecule has 0 N–H and O–H groups in total. The van der Waals surface area contributed by atoms with Gasteiger partial charge in [-0.15, -0.1) is 0 Å². The summed E-state index contributed by atoms with van der Waals surface area (Å²) in [4.78, 5) is 2.48. The van der Waals surface area contributed by atoms with E-state index in [1.54, 1.807) is 0 Å². The smallest absolute Gasteiger partial charge is 0.0478 e. The topological polar surface area (TPSA) is 3.24 Å². The fourth-order valence-corrected chi connectivity index (χ4v) is 4.24. The number of anilines is 2. The van der Waals surface area contributed by atoms with Gasteiger partial charge < -0.3 is 4.90 Å². The zero-order valence-corrected chi connectivity index (χ0v) is 18.7. The lowest BCUT2D eigenvalue weighted by Crippen LogP contribution is -2.30. The fraction of sp³-hybridized carbons (Fsp3) is 0.480. The van der Waals surface area contributed by atoms with Crippen molar-refractivity contribution in [1.82, 2.24) is 0 Å². The van der Waals surface area contributed by atoms with E-state index in [-0.39, 0.29) is 6.04 Å². The molecule has 2 aromatic rings. The van der Waals surface area contributed by atoms with Crippen molar-refractivity contribution in [1.29, 1.82) is 0 Å². The van der Waals surface area contributed by atoms with Crippen LogP contribution in [0.5, 0.6) is 0 Å². The first-order valence-corrected chi connectivity index (χ1v) is 9.69. The van der Waals surface area contributed by atoms with Gasteiger partial charge in [-0.05, 0) is 139 Å². The zero-order valence-electron chi connectivity index (χ0n) is 18.7. The molecule has 0 heterocycles. The van der Waals surface area contributed by atoms with E-state index in [1.807, 2.05) is 0 Å². The van der Waals surface area contributed by atoms with E-state index in [1.165, 1.54) is 67.0 Å². The van der Waals surface area contributed by atoms with Gasteiger partial charge in [0, 0.05) is 17.4 Å². The van der Waals surface area contributed by atoms with Crippen LogP contribution in [0.25, 0.3) is 0 Å². The van der Waals surface area contributed by atoms with E-state index in [9.17, 15) is 0 Å². The molecule has 0 spiro atoms. The Labute approximate surface area is 161 Å². The van der Waals surface area contributed by atoms with Crippen molar-refractivity contribution in [3.63, 3.8) is 0 Å². The molecule has 0 aliphatic rings. The summed E-state index contributed by atoms with van der Waals surface area (Å²) in [5.41, 5.74) is 16.5. The Kier molecular flexibility index (Phi) is 5.61. The Morgan fingerprint density at radius 2 is 0.654 bits per heavy atom. The fourth-order valence-electron chi connectivity index (χ4n) is 4.24. The summed E-state index contributed by atoms with van der Waals surface area (Å²) in [5, 5.41) is 0. The number of hydrogen-bond donors (Lipinski definition) is 0. The maximum atomic E-state index is 4.45. The van der Waals surface area contributed by atoms with Gasteiger partial charge in [-0.1, -0.05) is 0 Å². The molecule has 1 radical (unpaired) electrons. The second-order valence-electron chi connectivity index (χ2n) is 8.17. The Morgan fingerprint density at radius 1 is 0.462 bits per heavy atom. The molecule has 1 nitrogen and oxygen atoms in total. The Bertz CT molecular complexity index is 741. The number of nitrogens with zero attached hydrogens (tertiary/aromatic N) is 1. The van der Waals surface area contributed by atoms with Gasteiger partial charge in [0.15, 0.2) is 0 Å². The predicted octanol–water partition coefficient (Wildman–Crippen LogP) is 7.13. The van der Waals surface area contributed by atoms with Gasteiger partial charge in [-0.3, -0.25) is 0 Å². The van der Waals surface area contributed by atoms with E-state index in [0.717, 1.165) is 0 Å². The number of hydrogen-bond acceptors (Lipinski definition) is 1. The van der Waals surface area contributed by atoms with Crippen molar-refractivity contribution in [3.05, 3.63) is 62.6 Å². The van der Waals surface area contributed by atoms with Crippen LogP contribution >= 0.6 is 0 Å². The molecule has 0 saturated carbocycles. The first kappa shape index (κ1) is 20.6. The normalized spacial score (nSPS) is 11.4. The summed E-state index contributed by atoms with van der Waals surface area (Å²) in [5.74, 6) is 0. The van der Waals surface area contributed by atoms with Crippen LogP contribution in [0.2, 0.25) is 0 Å². The highest BCUT2D eigenvalue weighted by Gasteiger charge is 2.25. The van der Waals surface area contributed by atoms with Crippen molar-refractivity contribution < 1.29 is 0 Å². The van der Waals surface area contributed by atoms with Gasteiger partial charge in [0.2, 0.25) is 0 Å². The second-order valence-corrected chi connectivity index (χ2v) is 8.17. The first-order chi connectivity index (χ1) is 11.9. The predicted molar refractivity (Wildman–Crippen MR) is 117 cm³/mol. The van der Waals surface area contributed by atoms with Crippen LogP contribution in [0.3, 0.4) is 0 Å². The number of benzene rings is 2. The Morgan fingerprint density at radius 3 is 0.846 bits per heavy atom. The minimum absolute atomic E-state index is 0.146. The molecule has 1 atom stereocenters. The lowest BCUT2D eigenvalue weighted by molar-refractivity contribution is 0.840. The molecule has 26 heavy (non-hydrogen) atoms. The summed E-state index contributed by atoms with van der Waals surface area (Å²) in [6.45, 7) is 29.2. The third-order valence-electron chi connectivity index (χ3n) is 6.84. The molecule has 2 rings (SSSR count). The zero-order chi connectivity index (χ0) is 20.1. The molecule has 1 heteroatoms. The molecular weight excluding hydrogens is 314 g/mol. The minimum Gasteiger partial charge on any atom is -0.338 e. The lowest BCUT2D eigenvalue weighted by Gasteiger charge is -2.37. The molecule has 1 unspecified atom stereocenters. The van der Waals surface area contributed by atoms with E-state index in [2.05, 4.69) is 88.0 Å². The molecule has 2 aromatic carbocycles. The van der Waals surface area contributed by atoms with Crippen molar-refractivity contribution >= 4 is 11.4 Å². The van der Waals surface area contributed by atoms with Crippen molar-refractivity contribution in [2.75, 3.05) is 4.90 Å². The van der Waals surface area contributed by atoms with Gasteiger partial charge >= 0.3 is 0 Å². The summed E-state index contributed by atoms with van der Waals surface area (Å²) in [6, 6.07) is 0.146. The SMILES string of the molecule is [CH2]C(C)N(c1c(C)c(C)c(C)c(C)c1C)c1c(C)c(C)c(C)c(C)c1C. The first-order valence-electron chi connectivity index (χ1n) is 9.69. The van der Waals surface area contributed by atoms with Gasteiger partial charge in [-0.2, -0.15) is 0 Å². The molecule has 0 bridgehead atoms. The Hall–Kier alpha value is -1.76. The molecule has 0 aliphatic heterocycles. The van der Waals surface area contributed by atoms with E-state index in [0.29, 0.717) is 0 Å². The third kappa shape index (κ3) is 2.96. The average molecular weight is 351 g/mol. The standard InChI is InChI=1S/C25H36N/c1-13(2)26(24-20(9)16(5)14(3)17(6)21(24)10)25-22(11)18(7)15(4)19(8)23(25)12/h13H,1H2,2-12H3. The Balaban J connectivity index is 2.96. The molecule has 141 valence electrons. The average Bonchev–Trinajstić information content (AvgIpc) is 2.60. The lowest BCUT2D eigenvalue weighted by atomic mass is 9.88. The molecule has 0 aliphatic carbocycles. The summed E-state index contributed by atoms with van der Waals surface area (Å²) in [6.07, 6.45) is 0. The maximum absolute atomic E-state index is 4.45. The van der Waals surface area contributed by atoms with Crippen LogP contribution < -0.4 is 4.90 Å². The highest BCUT2D eigenvalue weighted by atomic mass is 15.2. The summed E-state index contributed by atoms with van der Waals surface area (Å²) in [7, 11) is 0. The summed E-state index contributed by atoms with van der Waals surface area (Å²) < 4.78 is 0. The van der Waals surface area contributed by atoms with Gasteiger partial charge in [0.1, 0.15) is 0 Å². The van der Waals surface area contributed by atoms with Crippen LogP contribution in [-0.4, -0.2) is 6.04 Å². The third-order valence-corrected chi connectivity index (χ3v) is 6.84. The van der Waals surface area contributed by atoms with E-state index >= 15 is 0 Å². The van der Waals surface area contributed by atoms with Crippen molar-refractivity contribution in [3.8, 4) is 0 Å². The quantitative estimate of drug-likeness (QED) is 0.569. The summed E-state index contributed by atoms with van der Waals surface area (Å²) >= 11 is 0. The monoisotopic (exact) mass is 350 g/mol. The van der Waals surface area contributed by atoms with E-state index < -0.39 is 0 Å². The highest BCUT2D eigenvalue weighted by molar-refractivity contribution is 5.79. The van der Waals surface area contributed by atoms with Gasteiger partial charge in [-0.25, -0.2) is 0 Å². The largest absolute Gasteiger partial charge is 0.338 e. The second kappa shape index (κ2) is 7.10.